The predicted molar refractivity (Wildman–Crippen MR) is 84.9 cm³/mol. The summed E-state index contributed by atoms with van der Waals surface area (Å²) in [5.41, 5.74) is 1.28. The monoisotopic (exact) mass is 347 g/mol. The lowest BCUT2D eigenvalue weighted by Gasteiger charge is -2.08. The normalized spacial score (nSPS) is 12.1. The number of rotatable bonds is 5. The zero-order chi connectivity index (χ0) is 17.1. The number of amides is 1. The van der Waals surface area contributed by atoms with E-state index in [1.54, 1.807) is 19.1 Å². The molecule has 0 fully saturated rings. The van der Waals surface area contributed by atoms with Crippen molar-refractivity contribution in [3.8, 4) is 11.4 Å². The first-order valence-electron chi connectivity index (χ1n) is 7.30. The summed E-state index contributed by atoms with van der Waals surface area (Å²) in [7, 11) is 0. The third kappa shape index (κ3) is 3.30. The van der Waals surface area contributed by atoms with Crippen molar-refractivity contribution in [1.29, 1.82) is 0 Å². The summed E-state index contributed by atoms with van der Waals surface area (Å²) >= 11 is 1.05. The fraction of sp³-hybridized carbons (Fsp3) is 0.267. The Labute approximate surface area is 141 Å². The molecule has 2 heterocycles. The van der Waals surface area contributed by atoms with Gasteiger partial charge in [-0.15, -0.1) is 5.10 Å². The number of aryl methyl sites for hydroxylation is 1. The molecule has 3 rings (SSSR count). The molecule has 0 aliphatic rings. The molecule has 0 aliphatic carbocycles. The summed E-state index contributed by atoms with van der Waals surface area (Å²) in [5.74, 6) is -0.0260. The molecule has 1 atom stereocenters. The Morgan fingerprint density at radius 2 is 2.12 bits per heavy atom. The molecule has 7 nitrogen and oxygen atoms in total. The number of hydrogen-bond donors (Lipinski definition) is 1. The number of benzene rings is 1. The van der Waals surface area contributed by atoms with Crippen LogP contribution in [0.15, 0.2) is 28.8 Å². The topological polar surface area (TPSA) is 93.8 Å². The van der Waals surface area contributed by atoms with Crippen LogP contribution in [0.2, 0.25) is 0 Å². The van der Waals surface area contributed by atoms with Crippen LogP contribution in [0.25, 0.3) is 11.4 Å². The SMILES string of the molecule is CCc1nnsc1C(=O)N[C@@H](C)c1nc(-c2ccc(F)cc2)no1. The van der Waals surface area contributed by atoms with Crippen molar-refractivity contribution in [2.24, 2.45) is 0 Å². The molecule has 0 saturated heterocycles. The molecule has 0 spiro atoms. The molecule has 124 valence electrons. The summed E-state index contributed by atoms with van der Waals surface area (Å²) < 4.78 is 21.9. The molecule has 24 heavy (non-hydrogen) atoms. The van der Waals surface area contributed by atoms with Gasteiger partial charge in [0.1, 0.15) is 16.7 Å². The number of halogens is 1. The molecule has 0 saturated carbocycles. The first-order valence-corrected chi connectivity index (χ1v) is 8.07. The van der Waals surface area contributed by atoms with Crippen LogP contribution >= 0.6 is 11.5 Å². The van der Waals surface area contributed by atoms with E-state index in [0.29, 0.717) is 28.4 Å². The number of aromatic nitrogens is 4. The van der Waals surface area contributed by atoms with Crippen molar-refractivity contribution in [2.75, 3.05) is 0 Å². The van der Waals surface area contributed by atoms with Crippen LogP contribution < -0.4 is 5.32 Å². The van der Waals surface area contributed by atoms with Gasteiger partial charge < -0.3 is 9.84 Å². The molecular weight excluding hydrogens is 333 g/mol. The number of hydrogen-bond acceptors (Lipinski definition) is 7. The van der Waals surface area contributed by atoms with E-state index in [9.17, 15) is 9.18 Å². The Kier molecular flexibility index (Phi) is 4.61. The van der Waals surface area contributed by atoms with E-state index in [4.69, 9.17) is 4.52 Å². The highest BCUT2D eigenvalue weighted by atomic mass is 32.1. The maximum Gasteiger partial charge on any atom is 0.265 e. The zero-order valence-electron chi connectivity index (χ0n) is 13.0. The van der Waals surface area contributed by atoms with Gasteiger partial charge in [0.2, 0.25) is 11.7 Å². The third-order valence-corrected chi connectivity index (χ3v) is 4.13. The number of nitrogens with one attached hydrogen (secondary N) is 1. The van der Waals surface area contributed by atoms with Crippen molar-refractivity contribution < 1.29 is 13.7 Å². The second-order valence-corrected chi connectivity index (χ2v) is 5.81. The van der Waals surface area contributed by atoms with Crippen molar-refractivity contribution in [1.82, 2.24) is 25.0 Å². The van der Waals surface area contributed by atoms with E-state index in [1.807, 2.05) is 6.92 Å². The highest BCUT2D eigenvalue weighted by Crippen LogP contribution is 2.20. The first kappa shape index (κ1) is 16.2. The standard InChI is InChI=1S/C15H14FN5O2S/c1-3-11-12(24-21-19-11)14(22)17-8(2)15-18-13(20-23-15)9-4-6-10(16)7-5-9/h4-8H,3H2,1-2H3,(H,17,22)/t8-/m0/s1. The molecule has 0 radical (unpaired) electrons. The lowest BCUT2D eigenvalue weighted by Crippen LogP contribution is -2.27. The minimum Gasteiger partial charge on any atom is -0.340 e. The van der Waals surface area contributed by atoms with Gasteiger partial charge in [-0.25, -0.2) is 4.39 Å². The predicted octanol–water partition coefficient (Wildman–Crippen LogP) is 2.78. The maximum atomic E-state index is 13.0. The second-order valence-electron chi connectivity index (χ2n) is 5.06. The van der Waals surface area contributed by atoms with Gasteiger partial charge in [-0.3, -0.25) is 4.79 Å². The molecule has 1 aromatic carbocycles. The van der Waals surface area contributed by atoms with Crippen molar-refractivity contribution in [3.05, 3.63) is 46.5 Å². The Hall–Kier alpha value is -2.68. The molecule has 0 aliphatic heterocycles. The minimum absolute atomic E-state index is 0.262. The summed E-state index contributed by atoms with van der Waals surface area (Å²) in [6.45, 7) is 3.64. The fourth-order valence-electron chi connectivity index (χ4n) is 2.06. The van der Waals surface area contributed by atoms with Crippen molar-refractivity contribution in [3.63, 3.8) is 0 Å². The van der Waals surface area contributed by atoms with E-state index in [0.717, 1.165) is 11.5 Å². The zero-order valence-corrected chi connectivity index (χ0v) is 13.8. The molecule has 1 amide bonds. The van der Waals surface area contributed by atoms with Gasteiger partial charge in [0, 0.05) is 5.56 Å². The molecule has 1 N–H and O–H groups in total. The van der Waals surface area contributed by atoms with Gasteiger partial charge in [-0.1, -0.05) is 16.6 Å². The van der Waals surface area contributed by atoms with Crippen LogP contribution in [0.5, 0.6) is 0 Å². The largest absolute Gasteiger partial charge is 0.340 e. The van der Waals surface area contributed by atoms with Gasteiger partial charge in [0.25, 0.3) is 5.91 Å². The van der Waals surface area contributed by atoms with Crippen LogP contribution in [0.3, 0.4) is 0 Å². The molecule has 0 unspecified atom stereocenters. The Morgan fingerprint density at radius 3 is 2.83 bits per heavy atom. The number of carbonyl (C=O) groups excluding carboxylic acids is 1. The molecule has 2 aromatic heterocycles. The van der Waals surface area contributed by atoms with Crippen LogP contribution in [-0.2, 0) is 6.42 Å². The van der Waals surface area contributed by atoms with Crippen LogP contribution in [0.4, 0.5) is 4.39 Å². The molecular formula is C15H14FN5O2S. The quantitative estimate of drug-likeness (QED) is 0.763. The number of carbonyl (C=O) groups is 1. The van der Waals surface area contributed by atoms with E-state index in [1.165, 1.54) is 12.1 Å². The van der Waals surface area contributed by atoms with E-state index >= 15 is 0 Å². The molecule has 3 aromatic rings. The molecule has 9 heteroatoms. The Bertz CT molecular complexity index is 846. The summed E-state index contributed by atoms with van der Waals surface area (Å²) in [4.78, 5) is 17.0. The van der Waals surface area contributed by atoms with Gasteiger partial charge >= 0.3 is 0 Å². The average Bonchev–Trinajstić information content (AvgIpc) is 3.24. The van der Waals surface area contributed by atoms with E-state index in [2.05, 4.69) is 25.0 Å². The van der Waals surface area contributed by atoms with Crippen molar-refractivity contribution >= 4 is 17.4 Å². The summed E-state index contributed by atoms with van der Waals surface area (Å²) in [6.07, 6.45) is 0.628. The fourth-order valence-corrected chi connectivity index (χ4v) is 2.72. The van der Waals surface area contributed by atoms with Gasteiger partial charge in [0.05, 0.1) is 5.69 Å². The lowest BCUT2D eigenvalue weighted by molar-refractivity contribution is 0.0935. The average molecular weight is 347 g/mol. The minimum atomic E-state index is -0.481. The Balaban J connectivity index is 1.73. The third-order valence-electron chi connectivity index (χ3n) is 3.36. The Morgan fingerprint density at radius 1 is 1.38 bits per heavy atom. The highest BCUT2D eigenvalue weighted by Gasteiger charge is 2.21. The van der Waals surface area contributed by atoms with Gasteiger partial charge in [-0.2, -0.15) is 4.98 Å². The smallest absolute Gasteiger partial charge is 0.265 e. The van der Waals surface area contributed by atoms with Crippen molar-refractivity contribution in [2.45, 2.75) is 26.3 Å². The van der Waals surface area contributed by atoms with Gasteiger partial charge in [-0.05, 0) is 49.1 Å². The van der Waals surface area contributed by atoms with E-state index in [-0.39, 0.29) is 17.6 Å². The highest BCUT2D eigenvalue weighted by molar-refractivity contribution is 7.08. The summed E-state index contributed by atoms with van der Waals surface area (Å²) in [5, 5.41) is 10.6. The maximum absolute atomic E-state index is 13.0. The van der Waals surface area contributed by atoms with Crippen LogP contribution in [-0.4, -0.2) is 25.6 Å². The second kappa shape index (κ2) is 6.83. The van der Waals surface area contributed by atoms with E-state index < -0.39 is 6.04 Å². The van der Waals surface area contributed by atoms with Gasteiger partial charge in [0.15, 0.2) is 0 Å². The summed E-state index contributed by atoms with van der Waals surface area (Å²) in [6, 6.07) is 5.28. The molecule has 0 bridgehead atoms. The lowest BCUT2D eigenvalue weighted by atomic mass is 10.2. The van der Waals surface area contributed by atoms with Crippen LogP contribution in [0.1, 0.15) is 41.1 Å². The first-order chi connectivity index (χ1) is 11.6. The van der Waals surface area contributed by atoms with Crippen LogP contribution in [0, 0.1) is 5.82 Å². The number of nitrogens with zero attached hydrogens (tertiary/aromatic N) is 4.